The Balaban J connectivity index is 1.92. The number of aromatic amines is 1. The van der Waals surface area contributed by atoms with E-state index in [1.165, 1.54) is 5.56 Å². The molecule has 3 rings (SSSR count). The van der Waals surface area contributed by atoms with Gasteiger partial charge in [0.2, 0.25) is 0 Å². The van der Waals surface area contributed by atoms with Crippen molar-refractivity contribution in [2.75, 3.05) is 12.4 Å². The summed E-state index contributed by atoms with van der Waals surface area (Å²) in [6.07, 6.45) is 3.60. The molecule has 5 heteroatoms. The summed E-state index contributed by atoms with van der Waals surface area (Å²) in [5.74, 6) is 1.76. The van der Waals surface area contributed by atoms with E-state index in [4.69, 9.17) is 0 Å². The van der Waals surface area contributed by atoms with E-state index in [1.54, 1.807) is 18.0 Å². The number of rotatable bonds is 4. The molecule has 96 valence electrons. The van der Waals surface area contributed by atoms with Gasteiger partial charge < -0.3 is 10.3 Å². The maximum atomic E-state index is 4.64. The van der Waals surface area contributed by atoms with Crippen molar-refractivity contribution in [3.63, 3.8) is 0 Å². The van der Waals surface area contributed by atoms with Crippen LogP contribution in [-0.4, -0.2) is 22.0 Å². The molecule has 3 aromatic rings. The highest BCUT2D eigenvalue weighted by molar-refractivity contribution is 7.98. The van der Waals surface area contributed by atoms with E-state index in [-0.39, 0.29) is 0 Å². The lowest BCUT2D eigenvalue weighted by Gasteiger charge is -2.09. The van der Waals surface area contributed by atoms with E-state index < -0.39 is 0 Å². The molecule has 1 aromatic carbocycles. The molecule has 0 aliphatic rings. The van der Waals surface area contributed by atoms with Gasteiger partial charge in [0.15, 0.2) is 5.16 Å². The minimum atomic E-state index is 0.835. The number of para-hydroxylation sites is 1. The predicted molar refractivity (Wildman–Crippen MR) is 79.4 cm³/mol. The van der Waals surface area contributed by atoms with Gasteiger partial charge in [-0.15, -0.1) is 0 Å². The van der Waals surface area contributed by atoms with Crippen LogP contribution in [0.1, 0.15) is 5.56 Å². The Morgan fingerprint density at radius 3 is 3.00 bits per heavy atom. The van der Waals surface area contributed by atoms with Crippen LogP contribution in [-0.2, 0) is 5.75 Å². The predicted octanol–water partition coefficient (Wildman–Crippen LogP) is 3.29. The molecule has 0 aliphatic carbocycles. The maximum absolute atomic E-state index is 4.64. The summed E-state index contributed by atoms with van der Waals surface area (Å²) in [5.41, 5.74) is 2.20. The molecule has 0 bridgehead atoms. The third-order valence-electron chi connectivity index (χ3n) is 2.88. The number of imidazole rings is 1. The number of pyridine rings is 1. The van der Waals surface area contributed by atoms with Crippen molar-refractivity contribution in [1.82, 2.24) is 15.0 Å². The molecule has 2 aromatic heterocycles. The number of hydrogen-bond donors (Lipinski definition) is 2. The fraction of sp³-hybridized carbons (Fsp3) is 0.143. The quantitative estimate of drug-likeness (QED) is 0.714. The van der Waals surface area contributed by atoms with Gasteiger partial charge in [-0.25, -0.2) is 9.97 Å². The van der Waals surface area contributed by atoms with Crippen LogP contribution >= 0.6 is 11.8 Å². The first kappa shape index (κ1) is 12.0. The molecule has 0 saturated heterocycles. The highest BCUT2D eigenvalue weighted by Crippen LogP contribution is 2.26. The molecule has 0 aliphatic heterocycles. The Labute approximate surface area is 115 Å². The van der Waals surface area contributed by atoms with Gasteiger partial charge in [-0.1, -0.05) is 30.0 Å². The van der Waals surface area contributed by atoms with Crippen molar-refractivity contribution in [3.05, 3.63) is 48.3 Å². The highest BCUT2D eigenvalue weighted by atomic mass is 32.2. The van der Waals surface area contributed by atoms with E-state index >= 15 is 0 Å². The molecule has 0 atom stereocenters. The zero-order valence-electron chi connectivity index (χ0n) is 10.6. The molecule has 0 unspecified atom stereocenters. The van der Waals surface area contributed by atoms with Crippen LogP contribution in [0.15, 0.2) is 47.9 Å². The number of hydrogen-bond acceptors (Lipinski definition) is 4. The second kappa shape index (κ2) is 5.32. The van der Waals surface area contributed by atoms with Gasteiger partial charge in [-0.05, 0) is 12.1 Å². The SMILES string of the molecule is CNc1nc2ccccc2cc1CSc1ncc[nH]1. The largest absolute Gasteiger partial charge is 0.373 e. The van der Waals surface area contributed by atoms with E-state index in [2.05, 4.69) is 32.4 Å². The second-order valence-corrected chi connectivity index (χ2v) is 5.09. The summed E-state index contributed by atoms with van der Waals surface area (Å²) < 4.78 is 0. The Bertz CT molecular complexity index is 679. The summed E-state index contributed by atoms with van der Waals surface area (Å²) in [6, 6.07) is 10.3. The molecular formula is C14H14N4S. The van der Waals surface area contributed by atoms with Crippen LogP contribution in [0, 0.1) is 0 Å². The number of nitrogens with one attached hydrogen (secondary N) is 2. The van der Waals surface area contributed by atoms with Crippen molar-refractivity contribution in [2.24, 2.45) is 0 Å². The van der Waals surface area contributed by atoms with E-state index in [0.29, 0.717) is 0 Å². The summed E-state index contributed by atoms with van der Waals surface area (Å²) in [6.45, 7) is 0. The molecule has 0 saturated carbocycles. The molecule has 0 radical (unpaired) electrons. The van der Waals surface area contributed by atoms with Crippen molar-refractivity contribution >= 4 is 28.5 Å². The Hall–Kier alpha value is -2.01. The minimum Gasteiger partial charge on any atom is -0.373 e. The Morgan fingerprint density at radius 1 is 1.32 bits per heavy atom. The standard InChI is InChI=1S/C14H14N4S/c1-15-13-11(9-19-14-16-6-7-17-14)8-10-4-2-3-5-12(10)18-13/h2-8H,9H2,1H3,(H,15,18)(H,16,17). The first-order valence-electron chi connectivity index (χ1n) is 6.05. The highest BCUT2D eigenvalue weighted by Gasteiger charge is 2.07. The third-order valence-corrected chi connectivity index (χ3v) is 3.83. The monoisotopic (exact) mass is 270 g/mol. The van der Waals surface area contributed by atoms with Crippen molar-refractivity contribution < 1.29 is 0 Å². The average Bonchev–Trinajstić information content (AvgIpc) is 2.97. The number of aromatic nitrogens is 3. The fourth-order valence-electron chi connectivity index (χ4n) is 1.96. The lowest BCUT2D eigenvalue weighted by atomic mass is 10.1. The third kappa shape index (κ3) is 2.56. The number of nitrogens with zero attached hydrogens (tertiary/aromatic N) is 2. The minimum absolute atomic E-state index is 0.835. The van der Waals surface area contributed by atoms with Gasteiger partial charge in [-0.3, -0.25) is 0 Å². The lowest BCUT2D eigenvalue weighted by Crippen LogP contribution is -1.98. The summed E-state index contributed by atoms with van der Waals surface area (Å²) >= 11 is 1.67. The Kier molecular flexibility index (Phi) is 3.37. The normalized spacial score (nSPS) is 10.8. The molecule has 0 fully saturated rings. The van der Waals surface area contributed by atoms with Gasteiger partial charge in [0, 0.05) is 36.1 Å². The van der Waals surface area contributed by atoms with Crippen LogP contribution in [0.5, 0.6) is 0 Å². The van der Waals surface area contributed by atoms with Gasteiger partial charge in [0.25, 0.3) is 0 Å². The van der Waals surface area contributed by atoms with Crippen molar-refractivity contribution in [3.8, 4) is 0 Å². The first-order valence-corrected chi connectivity index (χ1v) is 7.04. The molecule has 2 N–H and O–H groups in total. The van der Waals surface area contributed by atoms with Gasteiger partial charge >= 0.3 is 0 Å². The maximum Gasteiger partial charge on any atom is 0.165 e. The zero-order chi connectivity index (χ0) is 13.1. The first-order chi connectivity index (χ1) is 9.36. The van der Waals surface area contributed by atoms with Crippen molar-refractivity contribution in [2.45, 2.75) is 10.9 Å². The van der Waals surface area contributed by atoms with Gasteiger partial charge in [0.1, 0.15) is 5.82 Å². The molecule has 0 spiro atoms. The molecular weight excluding hydrogens is 256 g/mol. The van der Waals surface area contributed by atoms with E-state index in [1.807, 2.05) is 31.4 Å². The fourth-order valence-corrected chi connectivity index (χ4v) is 2.76. The van der Waals surface area contributed by atoms with Crippen LogP contribution in [0.3, 0.4) is 0 Å². The second-order valence-electron chi connectivity index (χ2n) is 4.12. The molecule has 19 heavy (non-hydrogen) atoms. The Morgan fingerprint density at radius 2 is 2.21 bits per heavy atom. The number of benzene rings is 1. The summed E-state index contributed by atoms with van der Waals surface area (Å²) in [7, 11) is 1.90. The smallest absolute Gasteiger partial charge is 0.165 e. The molecule has 4 nitrogen and oxygen atoms in total. The van der Waals surface area contributed by atoms with E-state index in [0.717, 1.165) is 27.6 Å². The van der Waals surface area contributed by atoms with Crippen molar-refractivity contribution in [1.29, 1.82) is 0 Å². The van der Waals surface area contributed by atoms with Gasteiger partial charge in [-0.2, -0.15) is 0 Å². The van der Waals surface area contributed by atoms with Gasteiger partial charge in [0.05, 0.1) is 5.52 Å². The summed E-state index contributed by atoms with van der Waals surface area (Å²) in [5, 5.41) is 5.25. The van der Waals surface area contributed by atoms with Crippen LogP contribution in [0.2, 0.25) is 0 Å². The van der Waals surface area contributed by atoms with Crippen LogP contribution < -0.4 is 5.32 Å². The number of fused-ring (bicyclic) bond motifs is 1. The topological polar surface area (TPSA) is 53.6 Å². The van der Waals surface area contributed by atoms with E-state index in [9.17, 15) is 0 Å². The van der Waals surface area contributed by atoms with Crippen LogP contribution in [0.25, 0.3) is 10.9 Å². The van der Waals surface area contributed by atoms with Crippen LogP contribution in [0.4, 0.5) is 5.82 Å². The number of H-pyrrole nitrogens is 1. The molecule has 2 heterocycles. The number of thioether (sulfide) groups is 1. The average molecular weight is 270 g/mol. The summed E-state index contributed by atoms with van der Waals surface area (Å²) in [4.78, 5) is 11.9. The number of anilines is 1. The zero-order valence-corrected chi connectivity index (χ0v) is 11.4. The lowest BCUT2D eigenvalue weighted by molar-refractivity contribution is 1.06. The molecule has 0 amide bonds.